The summed E-state index contributed by atoms with van der Waals surface area (Å²) in [6.45, 7) is 1.62. The van der Waals surface area contributed by atoms with Gasteiger partial charge in [-0.05, 0) is 19.1 Å². The Morgan fingerprint density at radius 2 is 1.96 bits per heavy atom. The van der Waals surface area contributed by atoms with Crippen molar-refractivity contribution in [3.63, 3.8) is 0 Å². The predicted molar refractivity (Wildman–Crippen MR) is 91.4 cm³/mol. The Bertz CT molecular complexity index is 1020. The van der Waals surface area contributed by atoms with Crippen LogP contribution in [0.4, 0.5) is 23.4 Å². The number of H-pyrrole nitrogens is 1. The molecule has 1 fully saturated rings. The molecule has 1 amide bonds. The lowest BCUT2D eigenvalue weighted by Crippen LogP contribution is -2.18. The van der Waals surface area contributed by atoms with Gasteiger partial charge in [0, 0.05) is 30.3 Å². The molecule has 2 aromatic heterocycles. The molecule has 0 saturated heterocycles. The van der Waals surface area contributed by atoms with Crippen LogP contribution in [-0.4, -0.2) is 31.8 Å². The van der Waals surface area contributed by atoms with Crippen molar-refractivity contribution < 1.29 is 22.4 Å². The van der Waals surface area contributed by atoms with Gasteiger partial charge in [-0.1, -0.05) is 0 Å². The van der Waals surface area contributed by atoms with Crippen molar-refractivity contribution in [2.24, 2.45) is 0 Å². The molecule has 2 atom stereocenters. The third kappa shape index (κ3) is 3.49. The first-order valence-electron chi connectivity index (χ1n) is 8.48. The SMILES string of the molecule is CC(C(=O)Nc1cc([C@H]2CC2(F)F)n[nH]1)c1cnn(-c2cc(F)cc(F)c2)c1. The smallest absolute Gasteiger partial charge is 0.257 e. The standard InChI is InChI=1S/C18H15F4N5O/c1-9(10-7-23-27(8-10)13-3-11(19)2-12(20)4-13)17(28)24-16-5-15(25-26-16)14-6-18(14,21)22/h2-5,7-9,14H,6H2,1H3,(H2,24,25,26,28)/t9?,14-/m1/s1. The molecule has 6 nitrogen and oxygen atoms in total. The number of aromatic nitrogens is 4. The molecule has 0 radical (unpaired) electrons. The number of halogens is 4. The summed E-state index contributed by atoms with van der Waals surface area (Å²) in [5.41, 5.74) is 0.893. The van der Waals surface area contributed by atoms with Crippen molar-refractivity contribution in [3.8, 4) is 5.69 Å². The Balaban J connectivity index is 1.45. The number of aromatic amines is 1. The number of nitrogens with one attached hydrogen (secondary N) is 2. The van der Waals surface area contributed by atoms with E-state index in [1.807, 2.05) is 0 Å². The first-order chi connectivity index (χ1) is 13.2. The minimum absolute atomic E-state index is 0.180. The molecule has 2 N–H and O–H groups in total. The second-order valence-corrected chi connectivity index (χ2v) is 6.78. The molecular weight excluding hydrogens is 378 g/mol. The van der Waals surface area contributed by atoms with Crippen LogP contribution in [-0.2, 0) is 4.79 Å². The zero-order chi connectivity index (χ0) is 20.1. The summed E-state index contributed by atoms with van der Waals surface area (Å²) in [6, 6.07) is 4.37. The minimum Gasteiger partial charge on any atom is -0.311 e. The zero-order valence-electron chi connectivity index (χ0n) is 14.6. The van der Waals surface area contributed by atoms with Crippen LogP contribution in [0.25, 0.3) is 5.69 Å². The number of rotatable bonds is 5. The van der Waals surface area contributed by atoms with Gasteiger partial charge in [0.1, 0.15) is 17.5 Å². The van der Waals surface area contributed by atoms with E-state index >= 15 is 0 Å². The van der Waals surface area contributed by atoms with E-state index in [1.54, 1.807) is 6.92 Å². The second-order valence-electron chi connectivity index (χ2n) is 6.78. The molecule has 3 aromatic rings. The maximum Gasteiger partial charge on any atom is 0.257 e. The molecule has 0 aliphatic heterocycles. The van der Waals surface area contributed by atoms with E-state index in [1.165, 1.54) is 23.1 Å². The van der Waals surface area contributed by atoms with Crippen LogP contribution >= 0.6 is 0 Å². The summed E-state index contributed by atoms with van der Waals surface area (Å²) >= 11 is 0. The van der Waals surface area contributed by atoms with Crippen LogP contribution in [0.3, 0.4) is 0 Å². The number of amides is 1. The monoisotopic (exact) mass is 393 g/mol. The third-order valence-corrected chi connectivity index (χ3v) is 4.65. The summed E-state index contributed by atoms with van der Waals surface area (Å²) in [5.74, 6) is -5.99. The van der Waals surface area contributed by atoms with Gasteiger partial charge in [-0.15, -0.1) is 0 Å². The molecule has 0 spiro atoms. The summed E-state index contributed by atoms with van der Waals surface area (Å²) in [5, 5.41) is 12.9. The molecule has 10 heteroatoms. The molecule has 0 bridgehead atoms. The van der Waals surface area contributed by atoms with Crippen LogP contribution in [0.15, 0.2) is 36.7 Å². The maximum atomic E-state index is 13.4. The lowest BCUT2D eigenvalue weighted by Gasteiger charge is -2.08. The average Bonchev–Trinajstić information content (AvgIpc) is 3.01. The quantitative estimate of drug-likeness (QED) is 0.649. The summed E-state index contributed by atoms with van der Waals surface area (Å²) in [7, 11) is 0. The summed E-state index contributed by atoms with van der Waals surface area (Å²) in [4.78, 5) is 12.4. The number of hydrogen-bond donors (Lipinski definition) is 2. The highest BCUT2D eigenvalue weighted by Gasteiger charge is 2.58. The van der Waals surface area contributed by atoms with E-state index in [0.29, 0.717) is 5.56 Å². The van der Waals surface area contributed by atoms with Crippen molar-refractivity contribution in [2.45, 2.75) is 31.1 Å². The van der Waals surface area contributed by atoms with Crippen molar-refractivity contribution in [1.82, 2.24) is 20.0 Å². The molecule has 28 heavy (non-hydrogen) atoms. The van der Waals surface area contributed by atoms with Gasteiger partial charge in [0.15, 0.2) is 0 Å². The van der Waals surface area contributed by atoms with E-state index < -0.39 is 35.3 Å². The highest BCUT2D eigenvalue weighted by Crippen LogP contribution is 2.55. The fraction of sp³-hybridized carbons (Fsp3) is 0.278. The number of alkyl halides is 2. The van der Waals surface area contributed by atoms with E-state index in [9.17, 15) is 22.4 Å². The van der Waals surface area contributed by atoms with Crippen LogP contribution in [0, 0.1) is 11.6 Å². The van der Waals surface area contributed by atoms with E-state index in [2.05, 4.69) is 20.6 Å². The number of benzene rings is 1. The normalized spacial score (nSPS) is 18.7. The summed E-state index contributed by atoms with van der Waals surface area (Å²) < 4.78 is 54.2. The van der Waals surface area contributed by atoms with Gasteiger partial charge in [0.05, 0.1) is 29.4 Å². The number of hydrogen-bond acceptors (Lipinski definition) is 3. The van der Waals surface area contributed by atoms with Crippen molar-refractivity contribution >= 4 is 11.7 Å². The van der Waals surface area contributed by atoms with Crippen molar-refractivity contribution in [2.75, 3.05) is 5.32 Å². The molecule has 2 heterocycles. The highest BCUT2D eigenvalue weighted by atomic mass is 19.3. The van der Waals surface area contributed by atoms with Gasteiger partial charge in [0.25, 0.3) is 5.92 Å². The summed E-state index contributed by atoms with van der Waals surface area (Å²) in [6.07, 6.45) is 2.65. The zero-order valence-corrected chi connectivity index (χ0v) is 14.6. The molecule has 4 rings (SSSR count). The third-order valence-electron chi connectivity index (χ3n) is 4.65. The van der Waals surface area contributed by atoms with Gasteiger partial charge >= 0.3 is 0 Å². The van der Waals surface area contributed by atoms with Crippen LogP contribution < -0.4 is 5.32 Å². The Hall–Kier alpha value is -3.17. The lowest BCUT2D eigenvalue weighted by atomic mass is 10.0. The predicted octanol–water partition coefficient (Wildman–Crippen LogP) is 3.74. The average molecular weight is 393 g/mol. The Labute approximate surface area is 156 Å². The Morgan fingerprint density at radius 3 is 2.61 bits per heavy atom. The van der Waals surface area contributed by atoms with Gasteiger partial charge in [-0.3, -0.25) is 9.89 Å². The van der Waals surface area contributed by atoms with E-state index in [0.717, 1.165) is 18.2 Å². The second kappa shape index (κ2) is 6.47. The van der Waals surface area contributed by atoms with Gasteiger partial charge in [0.2, 0.25) is 5.91 Å². The topological polar surface area (TPSA) is 75.6 Å². The number of carbonyl (C=O) groups is 1. The van der Waals surface area contributed by atoms with Crippen LogP contribution in [0.5, 0.6) is 0 Å². The van der Waals surface area contributed by atoms with Crippen molar-refractivity contribution in [1.29, 1.82) is 0 Å². The van der Waals surface area contributed by atoms with Crippen molar-refractivity contribution in [3.05, 3.63) is 59.6 Å². The largest absolute Gasteiger partial charge is 0.311 e. The highest BCUT2D eigenvalue weighted by molar-refractivity contribution is 5.94. The van der Waals surface area contributed by atoms with E-state index in [4.69, 9.17) is 0 Å². The van der Waals surface area contributed by atoms with Gasteiger partial charge in [-0.2, -0.15) is 10.2 Å². The molecule has 1 aromatic carbocycles. The number of carbonyl (C=O) groups excluding carboxylic acids is 1. The molecule has 1 saturated carbocycles. The molecule has 146 valence electrons. The number of anilines is 1. The van der Waals surface area contributed by atoms with Crippen LogP contribution in [0.2, 0.25) is 0 Å². The fourth-order valence-electron chi connectivity index (χ4n) is 2.88. The van der Waals surface area contributed by atoms with Gasteiger partial charge in [-0.25, -0.2) is 22.2 Å². The van der Waals surface area contributed by atoms with Gasteiger partial charge < -0.3 is 5.32 Å². The molecular formula is C18H15F4N5O. The maximum absolute atomic E-state index is 13.4. The fourth-order valence-corrected chi connectivity index (χ4v) is 2.88. The Kier molecular flexibility index (Phi) is 4.20. The minimum atomic E-state index is -2.74. The number of nitrogens with zero attached hydrogens (tertiary/aromatic N) is 3. The first kappa shape index (κ1) is 18.2. The molecule has 1 aliphatic rings. The van der Waals surface area contributed by atoms with Crippen LogP contribution in [0.1, 0.15) is 36.4 Å². The Morgan fingerprint density at radius 1 is 1.29 bits per heavy atom. The molecule has 1 unspecified atom stereocenters. The first-order valence-corrected chi connectivity index (χ1v) is 8.48. The van der Waals surface area contributed by atoms with E-state index in [-0.39, 0.29) is 23.6 Å². The lowest BCUT2D eigenvalue weighted by molar-refractivity contribution is -0.117. The molecule has 1 aliphatic carbocycles.